The van der Waals surface area contributed by atoms with Gasteiger partial charge in [0.05, 0.1) is 0 Å². The molecule has 1 aromatic carbocycles. The topological polar surface area (TPSA) is 0 Å². The van der Waals surface area contributed by atoms with Crippen LogP contribution >= 0.6 is 0 Å². The first kappa shape index (κ1) is 15.3. The van der Waals surface area contributed by atoms with E-state index in [0.29, 0.717) is 5.92 Å². The number of hydrogen-bond acceptors (Lipinski definition) is 0. The molecule has 0 spiro atoms. The van der Waals surface area contributed by atoms with Crippen LogP contribution in [-0.4, -0.2) is 0 Å². The molecule has 110 valence electrons. The van der Waals surface area contributed by atoms with Gasteiger partial charge in [-0.15, -0.1) is 0 Å². The molecule has 1 aliphatic carbocycles. The van der Waals surface area contributed by atoms with Crippen LogP contribution in [0.2, 0.25) is 0 Å². The summed E-state index contributed by atoms with van der Waals surface area (Å²) >= 11 is 0. The van der Waals surface area contributed by atoms with Crippen LogP contribution in [0.5, 0.6) is 0 Å². The van der Waals surface area contributed by atoms with Gasteiger partial charge >= 0.3 is 0 Å². The summed E-state index contributed by atoms with van der Waals surface area (Å²) in [6.07, 6.45) is 12.8. The predicted molar refractivity (Wildman–Crippen MR) is 84.4 cm³/mol. The van der Waals surface area contributed by atoms with E-state index in [2.05, 4.69) is 32.1 Å². The molecular weight excluding hydrogens is 247 g/mol. The summed E-state index contributed by atoms with van der Waals surface area (Å²) in [4.78, 5) is 0. The van der Waals surface area contributed by atoms with E-state index in [9.17, 15) is 4.39 Å². The minimum atomic E-state index is -0.0204. The van der Waals surface area contributed by atoms with Gasteiger partial charge in [0.2, 0.25) is 0 Å². The second-order valence-electron chi connectivity index (χ2n) is 6.09. The second kappa shape index (κ2) is 7.61. The predicted octanol–water partition coefficient (Wildman–Crippen LogP) is 5.70. The number of hydrogen-bond donors (Lipinski definition) is 0. The van der Waals surface area contributed by atoms with E-state index in [1.807, 2.05) is 6.07 Å². The Hall–Kier alpha value is -1.11. The number of benzene rings is 1. The molecule has 2 rings (SSSR count). The average molecular weight is 274 g/mol. The van der Waals surface area contributed by atoms with E-state index in [1.165, 1.54) is 25.7 Å². The maximum Gasteiger partial charge on any atom is 0.126 e. The van der Waals surface area contributed by atoms with Gasteiger partial charge in [0, 0.05) is 0 Å². The highest BCUT2D eigenvalue weighted by molar-refractivity contribution is 5.24. The van der Waals surface area contributed by atoms with Crippen molar-refractivity contribution in [2.75, 3.05) is 0 Å². The fraction of sp³-hybridized carbons (Fsp3) is 0.579. The molecule has 1 aromatic rings. The standard InChI is InChI=1S/C19H27F/c1-3-5-16-6-8-17(9-7-16)11-13-18-12-10-15(4-2)14-19(18)20/h6,8,10,12,14,16-17H,3-5,7,9,11,13H2,1-2H3. The number of rotatable bonds is 6. The van der Waals surface area contributed by atoms with Crippen molar-refractivity contribution in [1.29, 1.82) is 0 Å². The molecule has 0 amide bonds. The highest BCUT2D eigenvalue weighted by Crippen LogP contribution is 2.28. The average Bonchev–Trinajstić information content (AvgIpc) is 2.48. The Kier molecular flexibility index (Phi) is 5.82. The van der Waals surface area contributed by atoms with Crippen LogP contribution in [0.1, 0.15) is 57.1 Å². The summed E-state index contributed by atoms with van der Waals surface area (Å²) in [5, 5.41) is 0. The van der Waals surface area contributed by atoms with Gasteiger partial charge in [-0.2, -0.15) is 0 Å². The third-order valence-corrected chi connectivity index (χ3v) is 4.53. The molecule has 0 saturated heterocycles. The van der Waals surface area contributed by atoms with E-state index in [0.717, 1.165) is 36.3 Å². The lowest BCUT2D eigenvalue weighted by Crippen LogP contribution is -2.09. The molecule has 1 heteroatoms. The minimum Gasteiger partial charge on any atom is -0.207 e. The summed E-state index contributed by atoms with van der Waals surface area (Å²) in [6.45, 7) is 4.32. The van der Waals surface area contributed by atoms with Gasteiger partial charge in [0.25, 0.3) is 0 Å². The smallest absolute Gasteiger partial charge is 0.126 e. The van der Waals surface area contributed by atoms with Gasteiger partial charge in [0.1, 0.15) is 5.82 Å². The molecule has 0 saturated carbocycles. The maximum absolute atomic E-state index is 13.9. The molecule has 0 fully saturated rings. The largest absolute Gasteiger partial charge is 0.207 e. The van der Waals surface area contributed by atoms with Gasteiger partial charge in [-0.1, -0.05) is 44.6 Å². The SMILES string of the molecule is CCCC1C=CC(CCc2ccc(CC)cc2F)CC1. The Labute approximate surface area is 123 Å². The van der Waals surface area contributed by atoms with E-state index in [4.69, 9.17) is 0 Å². The Balaban J connectivity index is 1.85. The normalized spacial score (nSPS) is 22.1. The summed E-state index contributed by atoms with van der Waals surface area (Å²) in [5.41, 5.74) is 1.97. The molecule has 20 heavy (non-hydrogen) atoms. The van der Waals surface area contributed by atoms with Gasteiger partial charge in [-0.3, -0.25) is 0 Å². The van der Waals surface area contributed by atoms with Crippen LogP contribution in [0.4, 0.5) is 4.39 Å². The summed E-state index contributed by atoms with van der Waals surface area (Å²) < 4.78 is 13.9. The quantitative estimate of drug-likeness (QED) is 0.583. The summed E-state index contributed by atoms with van der Waals surface area (Å²) in [6, 6.07) is 5.73. The maximum atomic E-state index is 13.9. The summed E-state index contributed by atoms with van der Waals surface area (Å²) in [5.74, 6) is 1.41. The Morgan fingerprint density at radius 2 is 1.75 bits per heavy atom. The third-order valence-electron chi connectivity index (χ3n) is 4.53. The Morgan fingerprint density at radius 3 is 2.30 bits per heavy atom. The van der Waals surface area contributed by atoms with Crippen molar-refractivity contribution < 1.29 is 4.39 Å². The van der Waals surface area contributed by atoms with Gasteiger partial charge in [0.15, 0.2) is 0 Å². The van der Waals surface area contributed by atoms with Crippen LogP contribution in [0.25, 0.3) is 0 Å². The third kappa shape index (κ3) is 4.19. The molecule has 0 aliphatic heterocycles. The van der Waals surface area contributed by atoms with E-state index >= 15 is 0 Å². The van der Waals surface area contributed by atoms with Gasteiger partial charge < -0.3 is 0 Å². The number of aryl methyl sites for hydroxylation is 2. The molecular formula is C19H27F. The van der Waals surface area contributed by atoms with Crippen molar-refractivity contribution in [2.45, 2.75) is 58.8 Å². The molecule has 2 unspecified atom stereocenters. The van der Waals surface area contributed by atoms with Crippen molar-refractivity contribution >= 4 is 0 Å². The van der Waals surface area contributed by atoms with E-state index in [-0.39, 0.29) is 5.82 Å². The lowest BCUT2D eigenvalue weighted by Gasteiger charge is -2.22. The molecule has 2 atom stereocenters. The fourth-order valence-corrected chi connectivity index (χ4v) is 3.14. The molecule has 0 radical (unpaired) electrons. The van der Waals surface area contributed by atoms with Crippen molar-refractivity contribution in [3.8, 4) is 0 Å². The molecule has 0 heterocycles. The Bertz CT molecular complexity index is 447. The van der Waals surface area contributed by atoms with E-state index in [1.54, 1.807) is 6.07 Å². The minimum absolute atomic E-state index is 0.0204. The first-order valence-electron chi connectivity index (χ1n) is 8.18. The summed E-state index contributed by atoms with van der Waals surface area (Å²) in [7, 11) is 0. The molecule has 1 aliphatic rings. The number of halogens is 1. The van der Waals surface area contributed by atoms with Crippen molar-refractivity contribution in [3.63, 3.8) is 0 Å². The lowest BCUT2D eigenvalue weighted by atomic mass is 9.83. The van der Waals surface area contributed by atoms with Crippen LogP contribution in [0, 0.1) is 17.7 Å². The van der Waals surface area contributed by atoms with Crippen LogP contribution in [-0.2, 0) is 12.8 Å². The lowest BCUT2D eigenvalue weighted by molar-refractivity contribution is 0.416. The van der Waals surface area contributed by atoms with Crippen LogP contribution in [0.3, 0.4) is 0 Å². The second-order valence-corrected chi connectivity index (χ2v) is 6.09. The van der Waals surface area contributed by atoms with Crippen molar-refractivity contribution in [1.82, 2.24) is 0 Å². The van der Waals surface area contributed by atoms with Crippen molar-refractivity contribution in [2.24, 2.45) is 11.8 Å². The first-order chi connectivity index (χ1) is 9.72. The molecule has 0 nitrogen and oxygen atoms in total. The van der Waals surface area contributed by atoms with E-state index < -0.39 is 0 Å². The van der Waals surface area contributed by atoms with Crippen molar-refractivity contribution in [3.05, 3.63) is 47.3 Å². The van der Waals surface area contributed by atoms with Crippen LogP contribution in [0.15, 0.2) is 30.4 Å². The number of allylic oxidation sites excluding steroid dienone is 2. The van der Waals surface area contributed by atoms with Gasteiger partial charge in [-0.05, 0) is 67.6 Å². The Morgan fingerprint density at radius 1 is 1.05 bits per heavy atom. The monoisotopic (exact) mass is 274 g/mol. The zero-order valence-corrected chi connectivity index (χ0v) is 12.9. The molecule has 0 aromatic heterocycles. The molecule has 0 N–H and O–H groups in total. The zero-order chi connectivity index (χ0) is 14.4. The highest BCUT2D eigenvalue weighted by atomic mass is 19.1. The van der Waals surface area contributed by atoms with Gasteiger partial charge in [-0.25, -0.2) is 4.39 Å². The zero-order valence-electron chi connectivity index (χ0n) is 12.9. The fourth-order valence-electron chi connectivity index (χ4n) is 3.14. The first-order valence-corrected chi connectivity index (χ1v) is 8.18. The highest BCUT2D eigenvalue weighted by Gasteiger charge is 2.15. The van der Waals surface area contributed by atoms with Crippen LogP contribution < -0.4 is 0 Å². The molecule has 0 bridgehead atoms.